The molecule has 0 aromatic carbocycles. The Labute approximate surface area is 111 Å². The SMILES string of the molecule is CC(C)OCOP(=O)(OC(C)(C)C)OC(C)(C)C. The largest absolute Gasteiger partial charge is 0.477 e. The van der Waals surface area contributed by atoms with Gasteiger partial charge in [0.25, 0.3) is 0 Å². The molecule has 110 valence electrons. The van der Waals surface area contributed by atoms with Gasteiger partial charge >= 0.3 is 7.82 Å². The first-order chi connectivity index (χ1) is 7.83. The first-order valence-corrected chi connectivity index (χ1v) is 7.57. The van der Waals surface area contributed by atoms with Crippen molar-refractivity contribution in [3.05, 3.63) is 0 Å². The molecule has 6 heteroatoms. The minimum absolute atomic E-state index is 0.0114. The summed E-state index contributed by atoms with van der Waals surface area (Å²) in [6.45, 7) is 14.3. The van der Waals surface area contributed by atoms with Crippen molar-refractivity contribution in [2.45, 2.75) is 72.7 Å². The normalized spacial score (nSPS) is 14.3. The lowest BCUT2D eigenvalue weighted by molar-refractivity contribution is -0.0650. The van der Waals surface area contributed by atoms with Crippen LogP contribution in [0.3, 0.4) is 0 Å². The van der Waals surface area contributed by atoms with Gasteiger partial charge in [-0.2, -0.15) is 0 Å². The molecule has 0 fully saturated rings. The fraction of sp³-hybridized carbons (Fsp3) is 1.00. The summed E-state index contributed by atoms with van der Waals surface area (Å²) in [6.07, 6.45) is -0.0114. The smallest absolute Gasteiger partial charge is 0.352 e. The topological polar surface area (TPSA) is 54.0 Å². The Morgan fingerprint density at radius 3 is 1.61 bits per heavy atom. The Hall–Kier alpha value is 0.0700. The second-order valence-corrected chi connectivity index (χ2v) is 7.83. The van der Waals surface area contributed by atoms with Crippen LogP contribution in [-0.4, -0.2) is 24.1 Å². The maximum atomic E-state index is 12.5. The lowest BCUT2D eigenvalue weighted by Gasteiger charge is -2.30. The van der Waals surface area contributed by atoms with Gasteiger partial charge in [-0.25, -0.2) is 4.57 Å². The van der Waals surface area contributed by atoms with Gasteiger partial charge in [0.1, 0.15) is 0 Å². The van der Waals surface area contributed by atoms with E-state index < -0.39 is 19.0 Å². The summed E-state index contributed by atoms with van der Waals surface area (Å²) >= 11 is 0. The van der Waals surface area contributed by atoms with Crippen LogP contribution in [0.25, 0.3) is 0 Å². The number of phosphoric acid groups is 1. The highest BCUT2D eigenvalue weighted by Crippen LogP contribution is 2.55. The first kappa shape index (κ1) is 18.1. The molecule has 0 amide bonds. The molecule has 0 aromatic rings. The summed E-state index contributed by atoms with van der Waals surface area (Å²) in [5.41, 5.74) is -1.25. The molecule has 0 radical (unpaired) electrons. The molecular weight excluding hydrogens is 255 g/mol. The monoisotopic (exact) mass is 282 g/mol. The third-order valence-electron chi connectivity index (χ3n) is 1.38. The van der Waals surface area contributed by atoms with Crippen LogP contribution in [0.4, 0.5) is 0 Å². The summed E-state index contributed by atoms with van der Waals surface area (Å²) in [5, 5.41) is 0. The molecule has 0 aliphatic carbocycles. The summed E-state index contributed by atoms with van der Waals surface area (Å²) in [7, 11) is -3.64. The van der Waals surface area contributed by atoms with Gasteiger partial charge in [-0.05, 0) is 55.4 Å². The van der Waals surface area contributed by atoms with E-state index in [1.807, 2.05) is 13.8 Å². The summed E-state index contributed by atoms with van der Waals surface area (Å²) in [4.78, 5) is 0. The Balaban J connectivity index is 4.66. The summed E-state index contributed by atoms with van der Waals surface area (Å²) in [5.74, 6) is 0. The quantitative estimate of drug-likeness (QED) is 0.541. The van der Waals surface area contributed by atoms with E-state index in [2.05, 4.69) is 0 Å². The van der Waals surface area contributed by atoms with Crippen LogP contribution in [-0.2, 0) is 22.9 Å². The molecule has 0 spiro atoms. The average Bonchev–Trinajstić information content (AvgIpc) is 1.93. The molecule has 0 N–H and O–H groups in total. The van der Waals surface area contributed by atoms with Crippen LogP contribution in [0.15, 0.2) is 0 Å². The number of hydrogen-bond acceptors (Lipinski definition) is 5. The minimum Gasteiger partial charge on any atom is -0.352 e. The standard InChI is InChI=1S/C12H27O5P/c1-10(2)14-9-15-18(13,16-11(3,4)5)17-12(6,7)8/h10H,9H2,1-8H3. The summed E-state index contributed by atoms with van der Waals surface area (Å²) < 4.78 is 33.7. The van der Waals surface area contributed by atoms with Crippen LogP contribution >= 0.6 is 7.82 Å². The van der Waals surface area contributed by atoms with E-state index in [0.29, 0.717) is 0 Å². The maximum absolute atomic E-state index is 12.5. The van der Waals surface area contributed by atoms with Gasteiger partial charge in [0.2, 0.25) is 0 Å². The molecular formula is C12H27O5P. The highest BCUT2D eigenvalue weighted by Gasteiger charge is 2.37. The van der Waals surface area contributed by atoms with Crippen molar-refractivity contribution < 1.29 is 22.9 Å². The van der Waals surface area contributed by atoms with Gasteiger partial charge in [-0.3, -0.25) is 13.6 Å². The Morgan fingerprint density at radius 2 is 1.33 bits per heavy atom. The van der Waals surface area contributed by atoms with Gasteiger partial charge in [0.05, 0.1) is 17.3 Å². The summed E-state index contributed by atoms with van der Waals surface area (Å²) in [6, 6.07) is 0. The zero-order chi connectivity index (χ0) is 14.6. The fourth-order valence-corrected chi connectivity index (χ4v) is 2.65. The van der Waals surface area contributed by atoms with E-state index in [9.17, 15) is 4.57 Å². The zero-order valence-electron chi connectivity index (χ0n) is 12.8. The Kier molecular flexibility index (Phi) is 6.51. The third kappa shape index (κ3) is 10.0. The molecule has 18 heavy (non-hydrogen) atoms. The number of hydrogen-bond donors (Lipinski definition) is 0. The van der Waals surface area contributed by atoms with Gasteiger partial charge < -0.3 is 4.74 Å². The van der Waals surface area contributed by atoms with Crippen molar-refractivity contribution in [1.82, 2.24) is 0 Å². The molecule has 0 bridgehead atoms. The molecule has 0 atom stereocenters. The average molecular weight is 282 g/mol. The molecule has 0 saturated carbocycles. The van der Waals surface area contributed by atoms with E-state index in [1.165, 1.54) is 0 Å². The van der Waals surface area contributed by atoms with E-state index >= 15 is 0 Å². The van der Waals surface area contributed by atoms with Gasteiger partial charge in [0.15, 0.2) is 6.79 Å². The Morgan fingerprint density at radius 1 is 0.944 bits per heavy atom. The number of phosphoric ester groups is 1. The fourth-order valence-electron chi connectivity index (χ4n) is 0.973. The van der Waals surface area contributed by atoms with Crippen LogP contribution in [0.2, 0.25) is 0 Å². The van der Waals surface area contributed by atoms with E-state index in [4.69, 9.17) is 18.3 Å². The molecule has 0 aliphatic heterocycles. The van der Waals surface area contributed by atoms with Gasteiger partial charge in [-0.1, -0.05) is 0 Å². The molecule has 5 nitrogen and oxygen atoms in total. The van der Waals surface area contributed by atoms with Crippen LogP contribution < -0.4 is 0 Å². The molecule has 0 saturated heterocycles. The second kappa shape index (κ2) is 6.49. The van der Waals surface area contributed by atoms with Gasteiger partial charge in [0, 0.05) is 0 Å². The first-order valence-electron chi connectivity index (χ1n) is 6.11. The van der Waals surface area contributed by atoms with Gasteiger partial charge in [-0.15, -0.1) is 0 Å². The predicted molar refractivity (Wildman–Crippen MR) is 71.5 cm³/mol. The van der Waals surface area contributed by atoms with E-state index in [-0.39, 0.29) is 12.9 Å². The lowest BCUT2D eigenvalue weighted by Crippen LogP contribution is -2.25. The lowest BCUT2D eigenvalue weighted by atomic mass is 10.2. The molecule has 0 unspecified atom stereocenters. The van der Waals surface area contributed by atoms with Crippen molar-refractivity contribution in [3.63, 3.8) is 0 Å². The van der Waals surface area contributed by atoms with E-state index in [0.717, 1.165) is 0 Å². The van der Waals surface area contributed by atoms with Crippen LogP contribution in [0.1, 0.15) is 55.4 Å². The highest BCUT2D eigenvalue weighted by atomic mass is 31.2. The third-order valence-corrected chi connectivity index (χ3v) is 3.35. The number of ether oxygens (including phenoxy) is 1. The number of rotatable bonds is 6. The van der Waals surface area contributed by atoms with Crippen molar-refractivity contribution in [2.24, 2.45) is 0 Å². The Bertz CT molecular complexity index is 268. The van der Waals surface area contributed by atoms with Crippen molar-refractivity contribution >= 4 is 7.82 Å². The van der Waals surface area contributed by atoms with Crippen LogP contribution in [0.5, 0.6) is 0 Å². The van der Waals surface area contributed by atoms with Crippen molar-refractivity contribution in [2.75, 3.05) is 6.79 Å². The van der Waals surface area contributed by atoms with Crippen molar-refractivity contribution in [1.29, 1.82) is 0 Å². The maximum Gasteiger partial charge on any atom is 0.477 e. The molecule has 0 aliphatic rings. The zero-order valence-corrected chi connectivity index (χ0v) is 13.7. The predicted octanol–water partition coefficient (Wildman–Crippen LogP) is 4.12. The highest BCUT2D eigenvalue weighted by molar-refractivity contribution is 7.48. The van der Waals surface area contributed by atoms with Crippen LogP contribution in [0, 0.1) is 0 Å². The van der Waals surface area contributed by atoms with E-state index in [1.54, 1.807) is 41.5 Å². The molecule has 0 rings (SSSR count). The molecule has 0 heterocycles. The minimum atomic E-state index is -3.64. The van der Waals surface area contributed by atoms with Crippen molar-refractivity contribution in [3.8, 4) is 0 Å². The second-order valence-electron chi connectivity index (χ2n) is 6.32. The molecule has 0 aromatic heterocycles.